The number of carbonyl (C=O) groups excluding carboxylic acids is 1. The summed E-state index contributed by atoms with van der Waals surface area (Å²) in [5, 5.41) is 2.47. The van der Waals surface area contributed by atoms with Crippen LogP contribution in [-0.2, 0) is 14.3 Å². The van der Waals surface area contributed by atoms with E-state index in [2.05, 4.69) is 22.0 Å². The zero-order valence-electron chi connectivity index (χ0n) is 9.74. The van der Waals surface area contributed by atoms with Gasteiger partial charge in [0.15, 0.2) is 0 Å². The number of halogens is 1. The lowest BCUT2D eigenvalue weighted by atomic mass is 10.3. The molecule has 2 unspecified atom stereocenters. The minimum absolute atomic E-state index is 0.167. The summed E-state index contributed by atoms with van der Waals surface area (Å²) in [6.45, 7) is 3.72. The van der Waals surface area contributed by atoms with Crippen molar-refractivity contribution in [2.75, 3.05) is 46.9 Å². The average molecular weight is 251 g/mol. The SMILES string of the molecule is COC(=O)C(Cl)CNCC1CN(C)CCO1. The fourth-order valence-corrected chi connectivity index (χ4v) is 1.77. The van der Waals surface area contributed by atoms with Gasteiger partial charge in [-0.1, -0.05) is 0 Å². The van der Waals surface area contributed by atoms with Crippen LogP contribution in [0.1, 0.15) is 0 Å². The lowest BCUT2D eigenvalue weighted by molar-refractivity contribution is -0.140. The van der Waals surface area contributed by atoms with Gasteiger partial charge in [-0.25, -0.2) is 0 Å². The quantitative estimate of drug-likeness (QED) is 0.536. The van der Waals surface area contributed by atoms with Crippen molar-refractivity contribution in [1.29, 1.82) is 0 Å². The topological polar surface area (TPSA) is 50.8 Å². The monoisotopic (exact) mass is 250 g/mol. The summed E-state index contributed by atoms with van der Waals surface area (Å²) in [6.07, 6.45) is 0.167. The minimum Gasteiger partial charge on any atom is -0.468 e. The first-order valence-corrected chi connectivity index (χ1v) is 5.80. The number of nitrogens with one attached hydrogen (secondary N) is 1. The lowest BCUT2D eigenvalue weighted by Gasteiger charge is -2.30. The van der Waals surface area contributed by atoms with Crippen LogP contribution in [-0.4, -0.2) is 69.3 Å². The highest BCUT2D eigenvalue weighted by Crippen LogP contribution is 2.02. The number of carbonyl (C=O) groups is 1. The fraction of sp³-hybridized carbons (Fsp3) is 0.900. The maximum absolute atomic E-state index is 11.0. The van der Waals surface area contributed by atoms with Gasteiger partial charge in [-0.15, -0.1) is 11.6 Å². The van der Waals surface area contributed by atoms with E-state index in [9.17, 15) is 4.79 Å². The predicted octanol–water partition coefficient (Wildman–Crippen LogP) is -0.313. The van der Waals surface area contributed by atoms with Gasteiger partial charge in [-0.05, 0) is 7.05 Å². The van der Waals surface area contributed by atoms with Crippen molar-refractivity contribution in [3.05, 3.63) is 0 Å². The van der Waals surface area contributed by atoms with E-state index in [1.165, 1.54) is 7.11 Å². The number of morpholine rings is 1. The average Bonchev–Trinajstić information content (AvgIpc) is 2.28. The van der Waals surface area contributed by atoms with Crippen LogP contribution in [0.3, 0.4) is 0 Å². The molecule has 1 fully saturated rings. The van der Waals surface area contributed by atoms with Crippen LogP contribution >= 0.6 is 11.6 Å². The van der Waals surface area contributed by atoms with Crippen molar-refractivity contribution in [2.45, 2.75) is 11.5 Å². The Morgan fingerprint density at radius 2 is 2.50 bits per heavy atom. The van der Waals surface area contributed by atoms with E-state index in [0.29, 0.717) is 13.1 Å². The highest BCUT2D eigenvalue weighted by molar-refractivity contribution is 6.30. The van der Waals surface area contributed by atoms with E-state index in [1.807, 2.05) is 0 Å². The Morgan fingerprint density at radius 1 is 1.75 bits per heavy atom. The Balaban J connectivity index is 2.12. The third-order valence-electron chi connectivity index (χ3n) is 2.49. The first-order valence-electron chi connectivity index (χ1n) is 5.36. The van der Waals surface area contributed by atoms with E-state index in [1.54, 1.807) is 0 Å². The molecule has 0 saturated carbocycles. The van der Waals surface area contributed by atoms with Crippen molar-refractivity contribution in [1.82, 2.24) is 10.2 Å². The van der Waals surface area contributed by atoms with Gasteiger partial charge in [-0.2, -0.15) is 0 Å². The zero-order chi connectivity index (χ0) is 12.0. The van der Waals surface area contributed by atoms with Gasteiger partial charge >= 0.3 is 5.97 Å². The first kappa shape index (κ1) is 13.7. The lowest BCUT2D eigenvalue weighted by Crippen LogP contribution is -2.46. The molecule has 1 saturated heterocycles. The molecule has 0 radical (unpaired) electrons. The van der Waals surface area contributed by atoms with Crippen LogP contribution in [0.4, 0.5) is 0 Å². The molecule has 1 aliphatic heterocycles. The maximum atomic E-state index is 11.0. The molecular weight excluding hydrogens is 232 g/mol. The Kier molecular flexibility index (Phi) is 6.05. The highest BCUT2D eigenvalue weighted by atomic mass is 35.5. The molecule has 2 atom stereocenters. The van der Waals surface area contributed by atoms with Crippen molar-refractivity contribution in [2.24, 2.45) is 0 Å². The van der Waals surface area contributed by atoms with E-state index < -0.39 is 11.3 Å². The highest BCUT2D eigenvalue weighted by Gasteiger charge is 2.19. The number of methoxy groups -OCH3 is 1. The molecule has 0 aromatic carbocycles. The second-order valence-electron chi connectivity index (χ2n) is 3.90. The Bertz CT molecular complexity index is 228. The van der Waals surface area contributed by atoms with Crippen LogP contribution in [0.25, 0.3) is 0 Å². The standard InChI is InChI=1S/C10H19ClN2O3/c1-13-3-4-16-8(7-13)5-12-6-9(11)10(14)15-2/h8-9,12H,3-7H2,1-2H3. The summed E-state index contributed by atoms with van der Waals surface area (Å²) in [6, 6.07) is 0. The van der Waals surface area contributed by atoms with Crippen LogP contribution in [0.5, 0.6) is 0 Å². The molecule has 16 heavy (non-hydrogen) atoms. The van der Waals surface area contributed by atoms with Crippen molar-refractivity contribution in [3.8, 4) is 0 Å². The third-order valence-corrected chi connectivity index (χ3v) is 2.83. The van der Waals surface area contributed by atoms with Gasteiger partial charge in [0.05, 0.1) is 19.8 Å². The predicted molar refractivity (Wildman–Crippen MR) is 61.8 cm³/mol. The summed E-state index contributed by atoms with van der Waals surface area (Å²) in [4.78, 5) is 13.2. The maximum Gasteiger partial charge on any atom is 0.325 e. The fourth-order valence-electron chi connectivity index (χ4n) is 1.57. The summed E-state index contributed by atoms with van der Waals surface area (Å²) in [5.41, 5.74) is 0. The zero-order valence-corrected chi connectivity index (χ0v) is 10.5. The van der Waals surface area contributed by atoms with Crippen molar-refractivity contribution < 1.29 is 14.3 Å². The molecule has 0 amide bonds. The molecule has 6 heteroatoms. The molecule has 0 bridgehead atoms. The number of hydrogen-bond acceptors (Lipinski definition) is 5. The Morgan fingerprint density at radius 3 is 3.12 bits per heavy atom. The molecular formula is C10H19ClN2O3. The van der Waals surface area contributed by atoms with Gasteiger partial charge in [0.1, 0.15) is 5.38 Å². The van der Waals surface area contributed by atoms with Gasteiger partial charge in [0.25, 0.3) is 0 Å². The molecule has 1 heterocycles. The molecule has 5 nitrogen and oxygen atoms in total. The number of rotatable bonds is 5. The van der Waals surface area contributed by atoms with Crippen LogP contribution in [0.2, 0.25) is 0 Å². The second kappa shape index (κ2) is 7.06. The van der Waals surface area contributed by atoms with E-state index in [4.69, 9.17) is 16.3 Å². The van der Waals surface area contributed by atoms with Gasteiger partial charge in [0, 0.05) is 26.2 Å². The number of ether oxygens (including phenoxy) is 2. The normalized spacial score (nSPS) is 24.1. The summed E-state index contributed by atoms with van der Waals surface area (Å²) >= 11 is 5.79. The summed E-state index contributed by atoms with van der Waals surface area (Å²) in [7, 11) is 3.39. The number of nitrogens with zero attached hydrogens (tertiary/aromatic N) is 1. The first-order chi connectivity index (χ1) is 7.63. The van der Waals surface area contributed by atoms with Crippen molar-refractivity contribution >= 4 is 17.6 Å². The molecule has 0 aliphatic carbocycles. The van der Waals surface area contributed by atoms with Crippen molar-refractivity contribution in [3.63, 3.8) is 0 Å². The smallest absolute Gasteiger partial charge is 0.325 e. The Labute approximate surface area is 101 Å². The van der Waals surface area contributed by atoms with E-state index >= 15 is 0 Å². The molecule has 1 N–H and O–H groups in total. The van der Waals surface area contributed by atoms with Crippen LogP contribution in [0, 0.1) is 0 Å². The van der Waals surface area contributed by atoms with Crippen LogP contribution in [0.15, 0.2) is 0 Å². The molecule has 1 rings (SSSR count). The molecule has 0 spiro atoms. The van der Waals surface area contributed by atoms with Gasteiger partial charge in [-0.3, -0.25) is 4.79 Å². The van der Waals surface area contributed by atoms with Gasteiger partial charge < -0.3 is 19.7 Å². The molecule has 0 aromatic rings. The number of hydrogen-bond donors (Lipinski definition) is 1. The van der Waals surface area contributed by atoms with Crippen LogP contribution < -0.4 is 5.32 Å². The molecule has 1 aliphatic rings. The third kappa shape index (κ3) is 4.65. The minimum atomic E-state index is -0.633. The van der Waals surface area contributed by atoms with E-state index in [0.717, 1.165) is 19.7 Å². The Hall–Kier alpha value is -0.360. The summed E-state index contributed by atoms with van der Waals surface area (Å²) in [5.74, 6) is -0.407. The number of likely N-dealkylation sites (N-methyl/N-ethyl adjacent to an activating group) is 1. The number of alkyl halides is 1. The molecule has 94 valence electrons. The molecule has 0 aromatic heterocycles. The second-order valence-corrected chi connectivity index (χ2v) is 4.43. The largest absolute Gasteiger partial charge is 0.468 e. The summed E-state index contributed by atoms with van der Waals surface area (Å²) < 4.78 is 10.1. The number of esters is 1. The van der Waals surface area contributed by atoms with E-state index in [-0.39, 0.29) is 6.10 Å². The van der Waals surface area contributed by atoms with Gasteiger partial charge in [0.2, 0.25) is 0 Å².